The number of carbonyl (C=O) groups excluding carboxylic acids is 2. The van der Waals surface area contributed by atoms with Gasteiger partial charge >= 0.3 is 0 Å². The molecule has 40 heavy (non-hydrogen) atoms. The minimum absolute atomic E-state index is 0.224. The van der Waals surface area contributed by atoms with E-state index in [1.54, 1.807) is 0 Å². The zero-order valence-corrected chi connectivity index (χ0v) is 24.6. The summed E-state index contributed by atoms with van der Waals surface area (Å²) in [5.41, 5.74) is 1.63. The molecule has 6 rings (SSSR count). The summed E-state index contributed by atoms with van der Waals surface area (Å²) >= 11 is 0. The first-order valence-electron chi connectivity index (χ1n) is 16.9. The Morgan fingerprint density at radius 1 is 0.425 bits per heavy atom. The Labute approximate surface area is 241 Å². The van der Waals surface area contributed by atoms with Gasteiger partial charge in [0.05, 0.1) is 0 Å². The van der Waals surface area contributed by atoms with Crippen molar-refractivity contribution >= 4 is 22.6 Å². The average molecular weight is 543 g/mol. The van der Waals surface area contributed by atoms with Gasteiger partial charge in [-0.05, 0) is 86.4 Å². The lowest BCUT2D eigenvalue weighted by atomic mass is 9.87. The van der Waals surface area contributed by atoms with Crippen LogP contribution in [0.2, 0.25) is 0 Å². The molecule has 0 radical (unpaired) electrons. The average Bonchev–Trinajstić information content (AvgIpc) is 3.03. The van der Waals surface area contributed by atoms with Crippen molar-refractivity contribution in [2.45, 2.75) is 153 Å². The molecule has 4 saturated carbocycles. The monoisotopic (exact) mass is 542 g/mol. The third-order valence-electron chi connectivity index (χ3n) is 10.7. The van der Waals surface area contributed by atoms with Crippen molar-refractivity contribution in [1.29, 1.82) is 0 Å². The number of hydrogen-bond acceptors (Lipinski definition) is 2. The summed E-state index contributed by atoms with van der Waals surface area (Å²) in [7, 11) is 0. The van der Waals surface area contributed by atoms with E-state index in [2.05, 4.69) is 34.1 Å². The van der Waals surface area contributed by atoms with Gasteiger partial charge in [0.25, 0.3) is 11.8 Å². The number of carbonyl (C=O) groups is 2. The first kappa shape index (κ1) is 27.8. The van der Waals surface area contributed by atoms with Crippen molar-refractivity contribution in [2.75, 3.05) is 0 Å². The van der Waals surface area contributed by atoms with Crippen LogP contribution in [0, 0.1) is 0 Å². The fraction of sp³-hybridized carbons (Fsp3) is 0.667. The quantitative estimate of drug-likeness (QED) is 0.365. The van der Waals surface area contributed by atoms with Crippen LogP contribution in [0.15, 0.2) is 36.4 Å². The van der Waals surface area contributed by atoms with Gasteiger partial charge in [0, 0.05) is 35.3 Å². The van der Waals surface area contributed by atoms with Gasteiger partial charge in [-0.25, -0.2) is 0 Å². The number of amides is 2. The van der Waals surface area contributed by atoms with Crippen LogP contribution in [-0.2, 0) is 0 Å². The summed E-state index contributed by atoms with van der Waals surface area (Å²) in [5.74, 6) is 0.447. The third kappa shape index (κ3) is 6.11. The molecule has 0 aromatic heterocycles. The molecule has 0 aliphatic heterocycles. The lowest BCUT2D eigenvalue weighted by Crippen LogP contribution is -2.48. The molecule has 0 bridgehead atoms. The first-order valence-corrected chi connectivity index (χ1v) is 16.9. The summed E-state index contributed by atoms with van der Waals surface area (Å²) in [6.07, 6.45) is 24.4. The third-order valence-corrected chi connectivity index (χ3v) is 10.7. The van der Waals surface area contributed by atoms with Crippen LogP contribution in [0.25, 0.3) is 10.8 Å². The number of benzene rings is 2. The van der Waals surface area contributed by atoms with E-state index >= 15 is 0 Å². The Bertz CT molecular complexity index is 1020. The highest BCUT2D eigenvalue weighted by Crippen LogP contribution is 2.34. The van der Waals surface area contributed by atoms with Crippen LogP contribution in [-0.4, -0.2) is 45.8 Å². The van der Waals surface area contributed by atoms with Crippen LogP contribution in [0.4, 0.5) is 0 Å². The second-order valence-electron chi connectivity index (χ2n) is 13.4. The Morgan fingerprint density at radius 2 is 0.700 bits per heavy atom. The van der Waals surface area contributed by atoms with E-state index in [0.717, 1.165) is 73.3 Å². The van der Waals surface area contributed by atoms with E-state index < -0.39 is 0 Å². The highest BCUT2D eigenvalue weighted by Gasteiger charge is 2.34. The molecule has 4 fully saturated rings. The highest BCUT2D eigenvalue weighted by molar-refractivity contribution is 6.02. The lowest BCUT2D eigenvalue weighted by molar-refractivity contribution is 0.0441. The van der Waals surface area contributed by atoms with Crippen molar-refractivity contribution in [3.8, 4) is 0 Å². The molecule has 0 heterocycles. The second-order valence-corrected chi connectivity index (χ2v) is 13.4. The molecule has 0 N–H and O–H groups in total. The molecular formula is C36H50N2O2. The minimum Gasteiger partial charge on any atom is -0.333 e. The second kappa shape index (κ2) is 13.1. The topological polar surface area (TPSA) is 40.6 Å². The molecule has 0 saturated heterocycles. The number of rotatable bonds is 6. The van der Waals surface area contributed by atoms with Gasteiger partial charge in [-0.3, -0.25) is 9.59 Å². The van der Waals surface area contributed by atoms with Crippen molar-refractivity contribution in [3.05, 3.63) is 47.5 Å². The van der Waals surface area contributed by atoms with Crippen molar-refractivity contribution < 1.29 is 9.59 Å². The molecule has 2 amide bonds. The van der Waals surface area contributed by atoms with Crippen molar-refractivity contribution in [1.82, 2.24) is 9.80 Å². The zero-order chi connectivity index (χ0) is 27.3. The highest BCUT2D eigenvalue weighted by atomic mass is 16.2. The van der Waals surface area contributed by atoms with Gasteiger partial charge in [-0.1, -0.05) is 89.2 Å². The summed E-state index contributed by atoms with van der Waals surface area (Å²) in [4.78, 5) is 32.8. The van der Waals surface area contributed by atoms with E-state index in [4.69, 9.17) is 0 Å². The molecule has 4 aliphatic rings. The van der Waals surface area contributed by atoms with Gasteiger partial charge in [0.1, 0.15) is 0 Å². The first-order chi connectivity index (χ1) is 19.7. The van der Waals surface area contributed by atoms with Crippen LogP contribution in [0.5, 0.6) is 0 Å². The maximum atomic E-state index is 14.1. The molecule has 2 aromatic carbocycles. The van der Waals surface area contributed by atoms with Gasteiger partial charge in [-0.15, -0.1) is 0 Å². The fourth-order valence-corrected chi connectivity index (χ4v) is 8.51. The molecule has 0 spiro atoms. The van der Waals surface area contributed by atoms with Gasteiger partial charge in [0.2, 0.25) is 0 Å². The Hall–Kier alpha value is -2.36. The predicted molar refractivity (Wildman–Crippen MR) is 164 cm³/mol. The number of nitrogens with zero attached hydrogens (tertiary/aromatic N) is 2. The zero-order valence-electron chi connectivity index (χ0n) is 24.6. The van der Waals surface area contributed by atoms with Gasteiger partial charge < -0.3 is 9.80 Å². The fourth-order valence-electron chi connectivity index (χ4n) is 8.51. The predicted octanol–water partition coefficient (Wildman–Crippen LogP) is 9.06. The van der Waals surface area contributed by atoms with Crippen LogP contribution < -0.4 is 0 Å². The van der Waals surface area contributed by atoms with Gasteiger partial charge in [0.15, 0.2) is 0 Å². The van der Waals surface area contributed by atoms with Crippen molar-refractivity contribution in [3.63, 3.8) is 0 Å². The van der Waals surface area contributed by atoms with E-state index in [9.17, 15) is 9.59 Å². The van der Waals surface area contributed by atoms with Crippen LogP contribution >= 0.6 is 0 Å². The van der Waals surface area contributed by atoms with E-state index in [1.165, 1.54) is 77.0 Å². The van der Waals surface area contributed by atoms with Gasteiger partial charge in [-0.2, -0.15) is 0 Å². The Kier molecular flexibility index (Phi) is 9.09. The molecule has 4 heteroatoms. The normalized spacial score (nSPS) is 22.3. The largest absolute Gasteiger partial charge is 0.333 e. The minimum atomic E-state index is 0.224. The maximum absolute atomic E-state index is 14.1. The van der Waals surface area contributed by atoms with Crippen LogP contribution in [0.3, 0.4) is 0 Å². The standard InChI is InChI=1S/C36H50N2O2/c39-35(37(31-13-5-1-6-14-31)32-15-7-2-8-16-32)29-23-21-28-26-30(24-22-27(28)25-29)36(40)38(33-17-9-3-10-18-33)34-19-11-4-12-20-34/h21-26,31-34H,1-20H2. The molecule has 2 aromatic rings. The summed E-state index contributed by atoms with van der Waals surface area (Å²) < 4.78 is 0. The number of fused-ring (bicyclic) bond motifs is 1. The molecule has 216 valence electrons. The molecule has 4 nitrogen and oxygen atoms in total. The SMILES string of the molecule is O=C(c1ccc2cc(C(=O)N(C3CCCCC3)C3CCCCC3)ccc2c1)N(C1CCCCC1)C1CCCCC1. The van der Waals surface area contributed by atoms with Crippen LogP contribution in [0.1, 0.15) is 149 Å². The smallest absolute Gasteiger partial charge is 0.254 e. The van der Waals surface area contributed by atoms with Crippen molar-refractivity contribution in [2.24, 2.45) is 0 Å². The lowest BCUT2D eigenvalue weighted by Gasteiger charge is -2.42. The Morgan fingerprint density at radius 3 is 0.975 bits per heavy atom. The molecule has 4 aliphatic carbocycles. The Balaban J connectivity index is 1.25. The summed E-state index contributed by atoms with van der Waals surface area (Å²) in [6.45, 7) is 0. The number of hydrogen-bond donors (Lipinski definition) is 0. The van der Waals surface area contributed by atoms with E-state index in [-0.39, 0.29) is 11.8 Å². The molecule has 0 unspecified atom stereocenters. The van der Waals surface area contributed by atoms with E-state index in [0.29, 0.717) is 24.2 Å². The summed E-state index contributed by atoms with van der Waals surface area (Å²) in [5, 5.41) is 2.13. The maximum Gasteiger partial charge on any atom is 0.254 e. The molecule has 0 atom stereocenters. The van der Waals surface area contributed by atoms with E-state index in [1.807, 2.05) is 12.1 Å². The summed E-state index contributed by atoms with van der Waals surface area (Å²) in [6, 6.07) is 14.0. The molecular weight excluding hydrogens is 492 g/mol.